The molecule has 33 heavy (non-hydrogen) atoms. The highest BCUT2D eigenvalue weighted by atomic mass is 32.1. The van der Waals surface area contributed by atoms with Gasteiger partial charge in [-0.1, -0.05) is 11.2 Å². The van der Waals surface area contributed by atoms with Crippen molar-refractivity contribution < 1.29 is 23.5 Å². The van der Waals surface area contributed by atoms with Gasteiger partial charge in [-0.15, -0.1) is 11.3 Å². The summed E-state index contributed by atoms with van der Waals surface area (Å²) in [4.78, 5) is 17.4. The average molecular weight is 466 g/mol. The van der Waals surface area contributed by atoms with Crippen LogP contribution in [0.1, 0.15) is 27.4 Å². The molecule has 4 rings (SSSR count). The maximum absolute atomic E-state index is 12.8. The molecule has 0 saturated carbocycles. The Morgan fingerprint density at radius 1 is 1.09 bits per heavy atom. The smallest absolute Gasteiger partial charge is 0.257 e. The van der Waals surface area contributed by atoms with E-state index >= 15 is 0 Å². The first-order valence-corrected chi connectivity index (χ1v) is 11.0. The summed E-state index contributed by atoms with van der Waals surface area (Å²) in [6.07, 6.45) is 0. The number of anilines is 1. The number of nitrogens with one attached hydrogen (secondary N) is 1. The van der Waals surface area contributed by atoms with Crippen LogP contribution in [-0.2, 0) is 6.61 Å². The fourth-order valence-corrected chi connectivity index (χ4v) is 3.93. The van der Waals surface area contributed by atoms with Crippen molar-refractivity contribution in [1.29, 1.82) is 0 Å². The van der Waals surface area contributed by atoms with Gasteiger partial charge in [0.15, 0.2) is 5.13 Å². The lowest BCUT2D eigenvalue weighted by molar-refractivity contribution is 0.102. The fourth-order valence-electron chi connectivity index (χ4n) is 3.23. The summed E-state index contributed by atoms with van der Waals surface area (Å²) in [6, 6.07) is 12.5. The summed E-state index contributed by atoms with van der Waals surface area (Å²) in [6.45, 7) is 4.01. The number of benzene rings is 2. The van der Waals surface area contributed by atoms with Crippen molar-refractivity contribution in [1.82, 2.24) is 10.1 Å². The van der Waals surface area contributed by atoms with Gasteiger partial charge in [-0.05, 0) is 50.2 Å². The Bertz CT molecular complexity index is 1260. The zero-order valence-corrected chi connectivity index (χ0v) is 19.5. The number of hydrogen-bond acceptors (Lipinski definition) is 8. The molecule has 0 spiro atoms. The maximum atomic E-state index is 12.8. The van der Waals surface area contributed by atoms with E-state index in [0.29, 0.717) is 46.0 Å². The molecule has 8 nitrogen and oxygen atoms in total. The zero-order chi connectivity index (χ0) is 23.4. The summed E-state index contributed by atoms with van der Waals surface area (Å²) in [5, 5.41) is 9.10. The molecule has 0 saturated heterocycles. The van der Waals surface area contributed by atoms with Crippen LogP contribution in [-0.4, -0.2) is 30.3 Å². The van der Waals surface area contributed by atoms with Gasteiger partial charge in [0.1, 0.15) is 29.6 Å². The summed E-state index contributed by atoms with van der Waals surface area (Å²) in [7, 11) is 3.20. The molecule has 0 aliphatic rings. The Hall–Kier alpha value is -3.85. The Labute approximate surface area is 195 Å². The number of hydrogen-bond donors (Lipinski definition) is 1. The van der Waals surface area contributed by atoms with Crippen LogP contribution < -0.4 is 19.5 Å². The minimum atomic E-state index is -0.281. The second kappa shape index (κ2) is 9.74. The molecule has 0 radical (unpaired) electrons. The number of ether oxygens (including phenoxy) is 3. The van der Waals surface area contributed by atoms with Crippen molar-refractivity contribution in [2.75, 3.05) is 19.5 Å². The molecular weight excluding hydrogens is 442 g/mol. The molecule has 0 fully saturated rings. The van der Waals surface area contributed by atoms with Crippen molar-refractivity contribution >= 4 is 22.4 Å². The molecule has 0 atom stereocenters. The van der Waals surface area contributed by atoms with Gasteiger partial charge in [0, 0.05) is 16.5 Å². The standard InChI is InChI=1S/C24H23N3O5S/c1-14-20(15(2)32-27-14)12-31-18-7-5-6-16(10-18)23(28)26-24-25-21(13-33-24)19-11-17(29-3)8-9-22(19)30-4/h5-11,13H,12H2,1-4H3,(H,25,26,28). The molecule has 2 aromatic carbocycles. The van der Waals surface area contributed by atoms with Gasteiger partial charge in [-0.2, -0.15) is 0 Å². The molecule has 0 aliphatic carbocycles. The minimum Gasteiger partial charge on any atom is -0.497 e. The number of amides is 1. The van der Waals surface area contributed by atoms with Gasteiger partial charge in [-0.25, -0.2) is 4.98 Å². The number of carbonyl (C=O) groups is 1. The van der Waals surface area contributed by atoms with Gasteiger partial charge in [-0.3, -0.25) is 10.1 Å². The third kappa shape index (κ3) is 4.98. The van der Waals surface area contributed by atoms with Crippen molar-refractivity contribution in [2.45, 2.75) is 20.5 Å². The van der Waals surface area contributed by atoms with E-state index in [9.17, 15) is 4.79 Å². The van der Waals surface area contributed by atoms with Gasteiger partial charge in [0.2, 0.25) is 0 Å². The van der Waals surface area contributed by atoms with Crippen LogP contribution in [0.2, 0.25) is 0 Å². The highest BCUT2D eigenvalue weighted by Gasteiger charge is 2.15. The van der Waals surface area contributed by atoms with Crippen molar-refractivity contribution in [3.63, 3.8) is 0 Å². The molecule has 0 aliphatic heterocycles. The second-order valence-electron chi connectivity index (χ2n) is 7.18. The number of methoxy groups -OCH3 is 2. The molecule has 2 heterocycles. The molecule has 4 aromatic rings. The number of nitrogens with zero attached hydrogens (tertiary/aromatic N) is 2. The maximum Gasteiger partial charge on any atom is 0.257 e. The monoisotopic (exact) mass is 465 g/mol. The van der Waals surface area contributed by atoms with Gasteiger partial charge in [0.25, 0.3) is 5.91 Å². The second-order valence-corrected chi connectivity index (χ2v) is 8.04. The molecule has 2 aromatic heterocycles. The lowest BCUT2D eigenvalue weighted by atomic mass is 10.1. The lowest BCUT2D eigenvalue weighted by Gasteiger charge is -2.09. The Morgan fingerprint density at radius 2 is 1.94 bits per heavy atom. The number of aryl methyl sites for hydroxylation is 2. The largest absolute Gasteiger partial charge is 0.497 e. The van der Waals surface area contributed by atoms with E-state index in [0.717, 1.165) is 16.8 Å². The van der Waals surface area contributed by atoms with Crippen LogP contribution in [0, 0.1) is 13.8 Å². The SMILES string of the molecule is COc1ccc(OC)c(-c2csc(NC(=O)c3cccc(OCc4c(C)noc4C)c3)n2)c1. The first-order chi connectivity index (χ1) is 16.0. The summed E-state index contributed by atoms with van der Waals surface area (Å²) >= 11 is 1.33. The van der Waals surface area contributed by atoms with E-state index in [1.54, 1.807) is 38.5 Å². The molecule has 0 bridgehead atoms. The number of thiazole rings is 1. The Kier molecular flexibility index (Phi) is 6.60. The van der Waals surface area contributed by atoms with E-state index in [2.05, 4.69) is 15.5 Å². The first kappa shape index (κ1) is 22.3. The fraction of sp³-hybridized carbons (Fsp3) is 0.208. The van der Waals surface area contributed by atoms with Crippen molar-refractivity contribution in [3.8, 4) is 28.5 Å². The summed E-state index contributed by atoms with van der Waals surface area (Å²) in [5.41, 5.74) is 3.61. The first-order valence-electron chi connectivity index (χ1n) is 10.1. The topological polar surface area (TPSA) is 95.7 Å². The molecule has 1 N–H and O–H groups in total. The van der Waals surface area contributed by atoms with Gasteiger partial charge < -0.3 is 18.7 Å². The summed E-state index contributed by atoms with van der Waals surface area (Å²) in [5.74, 6) is 2.37. The third-order valence-corrected chi connectivity index (χ3v) is 5.83. The highest BCUT2D eigenvalue weighted by Crippen LogP contribution is 2.35. The number of carbonyl (C=O) groups excluding carboxylic acids is 1. The summed E-state index contributed by atoms with van der Waals surface area (Å²) < 4.78 is 21.7. The molecule has 1 amide bonds. The van der Waals surface area contributed by atoms with Gasteiger partial charge in [0.05, 0.1) is 31.2 Å². The molecule has 170 valence electrons. The van der Waals surface area contributed by atoms with E-state index in [4.69, 9.17) is 18.7 Å². The quantitative estimate of drug-likeness (QED) is 0.379. The lowest BCUT2D eigenvalue weighted by Crippen LogP contribution is -2.11. The normalized spacial score (nSPS) is 10.7. The van der Waals surface area contributed by atoms with Gasteiger partial charge >= 0.3 is 0 Å². The highest BCUT2D eigenvalue weighted by molar-refractivity contribution is 7.14. The zero-order valence-electron chi connectivity index (χ0n) is 18.7. The van der Waals surface area contributed by atoms with Crippen LogP contribution in [0.3, 0.4) is 0 Å². The molecular formula is C24H23N3O5S. The Morgan fingerprint density at radius 3 is 2.67 bits per heavy atom. The van der Waals surface area contributed by atoms with E-state index in [1.165, 1.54) is 11.3 Å². The molecule has 0 unspecified atom stereocenters. The van der Waals surface area contributed by atoms with E-state index in [1.807, 2.05) is 37.4 Å². The average Bonchev–Trinajstić information content (AvgIpc) is 3.43. The number of aromatic nitrogens is 2. The van der Waals surface area contributed by atoms with Crippen LogP contribution in [0.25, 0.3) is 11.3 Å². The number of rotatable bonds is 8. The van der Waals surface area contributed by atoms with Crippen molar-refractivity contribution in [2.24, 2.45) is 0 Å². The van der Waals surface area contributed by atoms with Crippen LogP contribution >= 0.6 is 11.3 Å². The van der Waals surface area contributed by atoms with Crippen LogP contribution in [0.4, 0.5) is 5.13 Å². The van der Waals surface area contributed by atoms with E-state index < -0.39 is 0 Å². The molecule has 9 heteroatoms. The van der Waals surface area contributed by atoms with E-state index in [-0.39, 0.29) is 5.91 Å². The van der Waals surface area contributed by atoms with Crippen molar-refractivity contribution in [3.05, 3.63) is 70.4 Å². The third-order valence-electron chi connectivity index (χ3n) is 5.07. The Balaban J connectivity index is 1.46. The van der Waals surface area contributed by atoms with Crippen LogP contribution in [0.5, 0.6) is 17.2 Å². The predicted molar refractivity (Wildman–Crippen MR) is 125 cm³/mol. The predicted octanol–water partition coefficient (Wildman–Crippen LogP) is 5.26. The van der Waals surface area contributed by atoms with Crippen LogP contribution in [0.15, 0.2) is 52.4 Å². The minimum absolute atomic E-state index is 0.281.